The van der Waals surface area contributed by atoms with Crippen LogP contribution >= 0.6 is 0 Å². The maximum atomic E-state index is 12.2. The quantitative estimate of drug-likeness (QED) is 0.542. The third kappa shape index (κ3) is 4.34. The number of rotatable bonds is 8. The van der Waals surface area contributed by atoms with Crippen molar-refractivity contribution in [1.29, 1.82) is 0 Å². The first-order valence-corrected chi connectivity index (χ1v) is 9.28. The number of carbonyl (C=O) groups excluding carboxylic acids is 1. The second-order valence-corrected chi connectivity index (χ2v) is 6.72. The van der Waals surface area contributed by atoms with Gasteiger partial charge >= 0.3 is 5.97 Å². The number of methoxy groups -OCH3 is 2. The molecule has 0 spiro atoms. The van der Waals surface area contributed by atoms with Crippen LogP contribution in [0, 0.1) is 0 Å². The Morgan fingerprint density at radius 3 is 2.59 bits per heavy atom. The number of ether oxygens (including phenoxy) is 2. The third-order valence-corrected chi connectivity index (χ3v) is 4.84. The lowest BCUT2D eigenvalue weighted by Gasteiger charge is -2.12. The zero-order chi connectivity index (χ0) is 21.0. The highest BCUT2D eigenvalue weighted by Crippen LogP contribution is 2.38. The third-order valence-electron chi connectivity index (χ3n) is 4.84. The van der Waals surface area contributed by atoms with Gasteiger partial charge in [-0.05, 0) is 37.1 Å². The number of carboxylic acid groups (broad SMARTS) is 1. The van der Waals surface area contributed by atoms with Crippen molar-refractivity contribution in [3.05, 3.63) is 48.0 Å². The minimum absolute atomic E-state index is 0.172. The summed E-state index contributed by atoms with van der Waals surface area (Å²) >= 11 is 0. The van der Waals surface area contributed by atoms with Crippen LogP contribution in [0.3, 0.4) is 0 Å². The average molecular weight is 396 g/mol. The number of fused-ring (bicyclic) bond motifs is 1. The van der Waals surface area contributed by atoms with Gasteiger partial charge in [0.15, 0.2) is 0 Å². The summed E-state index contributed by atoms with van der Waals surface area (Å²) < 4.78 is 10.8. The van der Waals surface area contributed by atoms with E-state index in [1.807, 2.05) is 42.5 Å². The van der Waals surface area contributed by atoms with Crippen molar-refractivity contribution in [2.24, 2.45) is 0 Å². The van der Waals surface area contributed by atoms with Gasteiger partial charge in [-0.1, -0.05) is 18.2 Å². The second kappa shape index (κ2) is 8.68. The summed E-state index contributed by atoms with van der Waals surface area (Å²) in [6.07, 6.45) is 0.623. The van der Waals surface area contributed by atoms with E-state index in [2.05, 4.69) is 10.3 Å². The molecule has 1 heterocycles. The molecule has 152 valence electrons. The number of hydrogen-bond acceptors (Lipinski definition) is 4. The van der Waals surface area contributed by atoms with Crippen molar-refractivity contribution in [3.63, 3.8) is 0 Å². The molecule has 7 nitrogen and oxygen atoms in total. The van der Waals surface area contributed by atoms with Gasteiger partial charge in [-0.2, -0.15) is 0 Å². The van der Waals surface area contributed by atoms with Gasteiger partial charge in [-0.25, -0.2) is 0 Å². The summed E-state index contributed by atoms with van der Waals surface area (Å²) in [4.78, 5) is 26.6. The molecular weight excluding hydrogens is 372 g/mol. The number of aryl methyl sites for hydroxylation is 1. The maximum absolute atomic E-state index is 12.2. The van der Waals surface area contributed by atoms with E-state index in [0.717, 1.165) is 27.7 Å². The number of amides is 1. The molecule has 0 bridgehead atoms. The predicted molar refractivity (Wildman–Crippen MR) is 110 cm³/mol. The molecule has 0 aliphatic heterocycles. The van der Waals surface area contributed by atoms with Crippen molar-refractivity contribution in [2.45, 2.75) is 25.8 Å². The van der Waals surface area contributed by atoms with Crippen molar-refractivity contribution in [1.82, 2.24) is 10.3 Å². The fraction of sp³-hybridized carbons (Fsp3) is 0.273. The Morgan fingerprint density at radius 2 is 1.90 bits per heavy atom. The summed E-state index contributed by atoms with van der Waals surface area (Å²) in [6, 6.07) is 12.5. The molecule has 0 aliphatic carbocycles. The summed E-state index contributed by atoms with van der Waals surface area (Å²) in [5.41, 5.74) is 3.65. The van der Waals surface area contributed by atoms with Crippen molar-refractivity contribution >= 4 is 22.8 Å². The summed E-state index contributed by atoms with van der Waals surface area (Å²) in [6.45, 7) is 1.44. The number of hydrogen-bond donors (Lipinski definition) is 3. The average Bonchev–Trinajstić information content (AvgIpc) is 3.09. The van der Waals surface area contributed by atoms with Gasteiger partial charge in [-0.3, -0.25) is 9.59 Å². The number of aromatic nitrogens is 1. The Balaban J connectivity index is 1.97. The number of H-pyrrole nitrogens is 1. The Hall–Kier alpha value is -3.48. The molecule has 29 heavy (non-hydrogen) atoms. The monoisotopic (exact) mass is 396 g/mol. The predicted octanol–water partition coefficient (Wildman–Crippen LogP) is 3.37. The molecule has 1 amide bonds. The molecule has 0 radical (unpaired) electrons. The van der Waals surface area contributed by atoms with Gasteiger partial charge in [0.05, 0.1) is 19.9 Å². The first kappa shape index (κ1) is 20.3. The van der Waals surface area contributed by atoms with Gasteiger partial charge in [0.25, 0.3) is 0 Å². The van der Waals surface area contributed by atoms with E-state index < -0.39 is 12.0 Å². The first-order chi connectivity index (χ1) is 13.9. The van der Waals surface area contributed by atoms with E-state index in [4.69, 9.17) is 14.6 Å². The standard InChI is InChI=1S/C22H24N2O5/c1-13(22(26)27)23-20(25)11-10-16-15-6-4-5-7-18(15)24-21(16)17-9-8-14(28-2)12-19(17)29-3/h4-9,12-13,24H,10-11H2,1-3H3,(H,23,25)(H,26,27)/t13-/m1/s1. The molecule has 7 heteroatoms. The number of aromatic amines is 1. The fourth-order valence-electron chi connectivity index (χ4n) is 3.31. The number of para-hydroxylation sites is 1. The summed E-state index contributed by atoms with van der Waals surface area (Å²) in [5, 5.41) is 12.5. The largest absolute Gasteiger partial charge is 0.497 e. The molecule has 0 unspecified atom stereocenters. The molecule has 3 N–H and O–H groups in total. The number of carbonyl (C=O) groups is 2. The smallest absolute Gasteiger partial charge is 0.325 e. The minimum atomic E-state index is -1.06. The van der Waals surface area contributed by atoms with E-state index >= 15 is 0 Å². The Kier molecular flexibility index (Phi) is 6.07. The number of benzene rings is 2. The zero-order valence-electron chi connectivity index (χ0n) is 16.6. The Bertz CT molecular complexity index is 1040. The van der Waals surface area contributed by atoms with Crippen LogP contribution in [0.25, 0.3) is 22.2 Å². The maximum Gasteiger partial charge on any atom is 0.325 e. The molecule has 1 atom stereocenters. The lowest BCUT2D eigenvalue weighted by molar-refractivity contribution is -0.141. The molecule has 3 rings (SSSR count). The van der Waals surface area contributed by atoms with Gasteiger partial charge in [-0.15, -0.1) is 0 Å². The van der Waals surface area contributed by atoms with Crippen LogP contribution in [-0.4, -0.2) is 42.2 Å². The van der Waals surface area contributed by atoms with E-state index in [1.165, 1.54) is 6.92 Å². The number of aliphatic carboxylic acids is 1. The summed E-state index contributed by atoms with van der Waals surface area (Å²) in [5.74, 6) is -0.0293. The van der Waals surface area contributed by atoms with Gasteiger partial charge in [0.1, 0.15) is 17.5 Å². The summed E-state index contributed by atoms with van der Waals surface area (Å²) in [7, 11) is 3.20. The van der Waals surface area contributed by atoms with Crippen molar-refractivity contribution in [3.8, 4) is 22.8 Å². The number of nitrogens with one attached hydrogen (secondary N) is 2. The second-order valence-electron chi connectivity index (χ2n) is 6.72. The van der Waals surface area contributed by atoms with Crippen molar-refractivity contribution in [2.75, 3.05) is 14.2 Å². The first-order valence-electron chi connectivity index (χ1n) is 9.28. The molecule has 0 aliphatic rings. The lowest BCUT2D eigenvalue weighted by atomic mass is 10.00. The van der Waals surface area contributed by atoms with Gasteiger partial charge in [0.2, 0.25) is 5.91 Å². The SMILES string of the molecule is COc1ccc(-c2[nH]c3ccccc3c2CCC(=O)N[C@H](C)C(=O)O)c(OC)c1. The minimum Gasteiger partial charge on any atom is -0.497 e. The molecule has 0 fully saturated rings. The van der Waals surface area contributed by atoms with Crippen LogP contribution in [0.1, 0.15) is 18.9 Å². The van der Waals surface area contributed by atoms with Crippen LogP contribution in [0.5, 0.6) is 11.5 Å². The fourth-order valence-corrected chi connectivity index (χ4v) is 3.31. The van der Waals surface area contributed by atoms with Gasteiger partial charge < -0.3 is 24.9 Å². The molecule has 0 saturated carbocycles. The van der Waals surface area contributed by atoms with E-state index in [1.54, 1.807) is 14.2 Å². The topological polar surface area (TPSA) is 101 Å². The molecule has 0 saturated heterocycles. The van der Waals surface area contributed by atoms with E-state index in [-0.39, 0.29) is 12.3 Å². The van der Waals surface area contributed by atoms with E-state index in [9.17, 15) is 9.59 Å². The highest BCUT2D eigenvalue weighted by Gasteiger charge is 2.19. The van der Waals surface area contributed by atoms with Gasteiger partial charge in [0, 0.05) is 29.0 Å². The van der Waals surface area contributed by atoms with Crippen LogP contribution in [0.15, 0.2) is 42.5 Å². The molecule has 1 aromatic heterocycles. The normalized spacial score (nSPS) is 11.8. The Morgan fingerprint density at radius 1 is 1.14 bits per heavy atom. The Labute approximate surface area is 168 Å². The zero-order valence-corrected chi connectivity index (χ0v) is 16.6. The molecule has 3 aromatic rings. The molecular formula is C22H24N2O5. The van der Waals surface area contributed by atoms with Crippen LogP contribution in [0.4, 0.5) is 0 Å². The number of carboxylic acids is 1. The van der Waals surface area contributed by atoms with E-state index in [0.29, 0.717) is 17.9 Å². The highest BCUT2D eigenvalue weighted by atomic mass is 16.5. The van der Waals surface area contributed by atoms with Crippen LogP contribution < -0.4 is 14.8 Å². The van der Waals surface area contributed by atoms with Crippen molar-refractivity contribution < 1.29 is 24.2 Å². The van der Waals surface area contributed by atoms with Crippen LogP contribution in [0.2, 0.25) is 0 Å². The molecule has 2 aromatic carbocycles. The lowest BCUT2D eigenvalue weighted by Crippen LogP contribution is -2.38. The van der Waals surface area contributed by atoms with Crippen LogP contribution in [-0.2, 0) is 16.0 Å². The highest BCUT2D eigenvalue weighted by molar-refractivity contribution is 5.93.